The van der Waals surface area contributed by atoms with E-state index in [1.54, 1.807) is 12.1 Å². The molecular weight excluding hydrogens is 340 g/mol. The number of esters is 1. The summed E-state index contributed by atoms with van der Waals surface area (Å²) < 4.78 is 4.66. The second kappa shape index (κ2) is 9.20. The number of rotatable bonds is 7. The Balaban J connectivity index is 1.84. The molecule has 2 rings (SSSR count). The van der Waals surface area contributed by atoms with Crippen molar-refractivity contribution in [3.05, 3.63) is 64.2 Å². The summed E-state index contributed by atoms with van der Waals surface area (Å²) in [6.07, 6.45) is 0.296. The maximum Gasteiger partial charge on any atom is 0.337 e. The molecule has 0 bridgehead atoms. The number of hydrogen-bond acceptors (Lipinski definition) is 4. The van der Waals surface area contributed by atoms with Crippen LogP contribution in [0.1, 0.15) is 27.9 Å². The van der Waals surface area contributed by atoms with Crippen molar-refractivity contribution in [2.75, 3.05) is 19.0 Å². The number of carbonyl (C=O) groups excluding carboxylic acids is 2. The lowest BCUT2D eigenvalue weighted by molar-refractivity contribution is -0.116. The van der Waals surface area contributed by atoms with Gasteiger partial charge in [0, 0.05) is 19.5 Å². The van der Waals surface area contributed by atoms with E-state index in [4.69, 9.17) is 11.6 Å². The highest BCUT2D eigenvalue weighted by molar-refractivity contribution is 6.33. The fourth-order valence-corrected chi connectivity index (χ4v) is 2.48. The molecule has 0 aromatic heterocycles. The molecule has 0 aliphatic heterocycles. The highest BCUT2D eigenvalue weighted by Crippen LogP contribution is 2.23. The van der Waals surface area contributed by atoms with Gasteiger partial charge in [-0.05, 0) is 36.2 Å². The molecule has 25 heavy (non-hydrogen) atoms. The molecule has 6 heteroatoms. The number of nitrogens with one attached hydrogen (secondary N) is 2. The third kappa shape index (κ3) is 5.59. The molecule has 0 saturated carbocycles. The number of benzene rings is 2. The zero-order chi connectivity index (χ0) is 18.2. The highest BCUT2D eigenvalue weighted by Gasteiger charge is 2.11. The molecule has 0 radical (unpaired) electrons. The average Bonchev–Trinajstić information content (AvgIpc) is 2.61. The number of anilines is 1. The maximum absolute atomic E-state index is 12.1. The molecule has 132 valence electrons. The summed E-state index contributed by atoms with van der Waals surface area (Å²) in [5.74, 6) is -0.659. The van der Waals surface area contributed by atoms with Gasteiger partial charge in [0.1, 0.15) is 0 Å². The van der Waals surface area contributed by atoms with Crippen LogP contribution in [0.3, 0.4) is 0 Å². The molecule has 0 atom stereocenters. The summed E-state index contributed by atoms with van der Waals surface area (Å²) in [5.41, 5.74) is 3.15. The number of methoxy groups -OCH3 is 1. The van der Waals surface area contributed by atoms with Gasteiger partial charge in [0.25, 0.3) is 0 Å². The largest absolute Gasteiger partial charge is 0.465 e. The van der Waals surface area contributed by atoms with E-state index in [-0.39, 0.29) is 5.91 Å². The van der Waals surface area contributed by atoms with Crippen LogP contribution in [0, 0.1) is 6.92 Å². The van der Waals surface area contributed by atoms with Crippen LogP contribution >= 0.6 is 11.6 Å². The zero-order valence-corrected chi connectivity index (χ0v) is 15.0. The maximum atomic E-state index is 12.1. The summed E-state index contributed by atoms with van der Waals surface area (Å²) in [5, 5.41) is 6.33. The van der Waals surface area contributed by atoms with Crippen LogP contribution in [0.15, 0.2) is 42.5 Å². The summed E-state index contributed by atoms with van der Waals surface area (Å²) in [4.78, 5) is 23.6. The minimum atomic E-state index is -0.480. The molecule has 2 aromatic carbocycles. The smallest absolute Gasteiger partial charge is 0.337 e. The number of carbonyl (C=O) groups is 2. The molecule has 2 N–H and O–H groups in total. The van der Waals surface area contributed by atoms with Gasteiger partial charge in [-0.25, -0.2) is 4.79 Å². The van der Waals surface area contributed by atoms with Gasteiger partial charge in [0.2, 0.25) is 5.91 Å². The van der Waals surface area contributed by atoms with E-state index in [1.807, 2.05) is 12.1 Å². The molecule has 0 spiro atoms. The predicted molar refractivity (Wildman–Crippen MR) is 98.9 cm³/mol. The Bertz CT molecular complexity index is 762. The fraction of sp³-hybridized carbons (Fsp3) is 0.263. The van der Waals surface area contributed by atoms with Crippen LogP contribution in [-0.2, 0) is 16.1 Å². The molecule has 1 amide bonds. The van der Waals surface area contributed by atoms with Crippen molar-refractivity contribution in [2.45, 2.75) is 19.9 Å². The first kappa shape index (κ1) is 19.0. The molecule has 0 saturated heterocycles. The summed E-state index contributed by atoms with van der Waals surface area (Å²) in [6.45, 7) is 3.30. The molecule has 0 fully saturated rings. The van der Waals surface area contributed by atoms with Crippen LogP contribution < -0.4 is 10.6 Å². The second-order valence-electron chi connectivity index (χ2n) is 5.59. The number of hydrogen-bond donors (Lipinski definition) is 2. The quantitative estimate of drug-likeness (QED) is 0.585. The topological polar surface area (TPSA) is 67.4 Å². The molecule has 0 unspecified atom stereocenters. The van der Waals surface area contributed by atoms with Crippen molar-refractivity contribution in [3.8, 4) is 0 Å². The third-order valence-corrected chi connectivity index (χ3v) is 4.10. The standard InChI is InChI=1S/C19H21ClN2O3/c1-13-5-3-4-6-15(13)12-21-10-9-18(23)22-17-11-14(19(24)25-2)7-8-16(17)20/h3-8,11,21H,9-10,12H2,1-2H3,(H,22,23). The summed E-state index contributed by atoms with van der Waals surface area (Å²) in [7, 11) is 1.30. The monoisotopic (exact) mass is 360 g/mol. The van der Waals surface area contributed by atoms with E-state index < -0.39 is 5.97 Å². The Morgan fingerprint density at radius 2 is 1.92 bits per heavy atom. The van der Waals surface area contributed by atoms with E-state index in [9.17, 15) is 9.59 Å². The van der Waals surface area contributed by atoms with Crippen molar-refractivity contribution in [1.82, 2.24) is 5.32 Å². The van der Waals surface area contributed by atoms with Gasteiger partial charge in [-0.15, -0.1) is 0 Å². The van der Waals surface area contributed by atoms with Gasteiger partial charge >= 0.3 is 5.97 Å². The van der Waals surface area contributed by atoms with Crippen molar-refractivity contribution in [3.63, 3.8) is 0 Å². The Hall–Kier alpha value is -2.37. The number of amides is 1. The van der Waals surface area contributed by atoms with Gasteiger partial charge in [0.05, 0.1) is 23.4 Å². The lowest BCUT2D eigenvalue weighted by atomic mass is 10.1. The first-order chi connectivity index (χ1) is 12.0. The van der Waals surface area contributed by atoms with Gasteiger partial charge in [-0.2, -0.15) is 0 Å². The van der Waals surface area contributed by atoms with Crippen molar-refractivity contribution in [1.29, 1.82) is 0 Å². The second-order valence-corrected chi connectivity index (χ2v) is 5.99. The van der Waals surface area contributed by atoms with Crippen LogP contribution in [0.25, 0.3) is 0 Å². The van der Waals surface area contributed by atoms with E-state index in [0.717, 1.165) is 0 Å². The normalized spacial score (nSPS) is 10.4. The minimum absolute atomic E-state index is 0.179. The average molecular weight is 361 g/mol. The Kier molecular flexibility index (Phi) is 6.98. The number of ether oxygens (including phenoxy) is 1. The fourth-order valence-electron chi connectivity index (χ4n) is 2.31. The van der Waals surface area contributed by atoms with E-state index in [2.05, 4.69) is 34.4 Å². The lowest BCUT2D eigenvalue weighted by Gasteiger charge is -2.10. The molecule has 0 heterocycles. The summed E-state index contributed by atoms with van der Waals surface area (Å²) in [6, 6.07) is 12.7. The Labute approximate surface area is 152 Å². The first-order valence-electron chi connectivity index (χ1n) is 7.94. The number of aryl methyl sites for hydroxylation is 1. The van der Waals surface area contributed by atoms with Crippen LogP contribution in [0.4, 0.5) is 5.69 Å². The van der Waals surface area contributed by atoms with Crippen molar-refractivity contribution < 1.29 is 14.3 Å². The van der Waals surface area contributed by atoms with Gasteiger partial charge in [-0.1, -0.05) is 35.9 Å². The van der Waals surface area contributed by atoms with Crippen molar-refractivity contribution in [2.24, 2.45) is 0 Å². The molecule has 0 aliphatic carbocycles. The van der Waals surface area contributed by atoms with E-state index in [1.165, 1.54) is 24.3 Å². The van der Waals surface area contributed by atoms with Gasteiger partial charge < -0.3 is 15.4 Å². The first-order valence-corrected chi connectivity index (χ1v) is 8.32. The van der Waals surface area contributed by atoms with Crippen molar-refractivity contribution >= 4 is 29.2 Å². The SMILES string of the molecule is COC(=O)c1ccc(Cl)c(NC(=O)CCNCc2ccccc2C)c1. The Morgan fingerprint density at radius 3 is 2.64 bits per heavy atom. The highest BCUT2D eigenvalue weighted by atomic mass is 35.5. The lowest BCUT2D eigenvalue weighted by Crippen LogP contribution is -2.22. The molecule has 2 aromatic rings. The minimum Gasteiger partial charge on any atom is -0.465 e. The van der Waals surface area contributed by atoms with Gasteiger partial charge in [-0.3, -0.25) is 4.79 Å². The van der Waals surface area contributed by atoms with Gasteiger partial charge in [0.15, 0.2) is 0 Å². The molecule has 5 nitrogen and oxygen atoms in total. The summed E-state index contributed by atoms with van der Waals surface area (Å²) >= 11 is 6.06. The van der Waals surface area contributed by atoms with E-state index in [0.29, 0.717) is 35.8 Å². The molecule has 0 aliphatic rings. The number of halogens is 1. The van der Waals surface area contributed by atoms with E-state index >= 15 is 0 Å². The predicted octanol–water partition coefficient (Wildman–Crippen LogP) is 3.55. The third-order valence-electron chi connectivity index (χ3n) is 3.77. The molecular formula is C19H21ClN2O3. The van der Waals surface area contributed by atoms with Crippen LogP contribution in [-0.4, -0.2) is 25.5 Å². The van der Waals surface area contributed by atoms with Crippen LogP contribution in [0.5, 0.6) is 0 Å². The Morgan fingerprint density at radius 1 is 1.16 bits per heavy atom. The van der Waals surface area contributed by atoms with Crippen LogP contribution in [0.2, 0.25) is 5.02 Å². The zero-order valence-electron chi connectivity index (χ0n) is 14.3.